The van der Waals surface area contributed by atoms with Crippen molar-refractivity contribution in [2.24, 2.45) is 11.7 Å². The lowest BCUT2D eigenvalue weighted by Gasteiger charge is -2.33. The minimum absolute atomic E-state index is 0. The molecule has 2 fully saturated rings. The highest BCUT2D eigenvalue weighted by Crippen LogP contribution is 2.45. The standard InChI is InChI=1S/C23H27FN2O.ClH/c24-21-11-5-4-10-20(21)23(12-6-7-13-23)22(27)26-15-18(14-25)19(16-26)17-8-2-1-3-9-17;/h1-5,8-11,18-19H,6-7,12-16,25H2;1H/t18-,19+;/m1./s1. The summed E-state index contributed by atoms with van der Waals surface area (Å²) in [7, 11) is 0. The Hall–Kier alpha value is -1.91. The van der Waals surface area contributed by atoms with Crippen molar-refractivity contribution in [1.82, 2.24) is 4.90 Å². The van der Waals surface area contributed by atoms with Crippen LogP contribution in [0.4, 0.5) is 4.39 Å². The first-order valence-electron chi connectivity index (χ1n) is 9.95. The van der Waals surface area contributed by atoms with E-state index in [1.165, 1.54) is 11.6 Å². The van der Waals surface area contributed by atoms with E-state index in [0.29, 0.717) is 25.2 Å². The molecule has 0 spiro atoms. The van der Waals surface area contributed by atoms with Crippen LogP contribution in [0.5, 0.6) is 0 Å². The van der Waals surface area contributed by atoms with Crippen molar-refractivity contribution in [2.45, 2.75) is 37.0 Å². The average Bonchev–Trinajstić information content (AvgIpc) is 3.36. The van der Waals surface area contributed by atoms with Crippen molar-refractivity contribution in [1.29, 1.82) is 0 Å². The predicted octanol–water partition coefficient (Wildman–Crippen LogP) is 4.26. The smallest absolute Gasteiger partial charge is 0.233 e. The molecule has 150 valence electrons. The number of carbonyl (C=O) groups excluding carboxylic acids is 1. The Morgan fingerprint density at radius 3 is 2.32 bits per heavy atom. The summed E-state index contributed by atoms with van der Waals surface area (Å²) in [6.45, 7) is 1.88. The van der Waals surface area contributed by atoms with E-state index in [9.17, 15) is 9.18 Å². The molecule has 28 heavy (non-hydrogen) atoms. The number of hydrogen-bond acceptors (Lipinski definition) is 2. The normalized spacial score (nSPS) is 23.4. The Bertz CT molecular complexity index is 807. The van der Waals surface area contributed by atoms with E-state index in [1.807, 2.05) is 29.2 Å². The Kier molecular flexibility index (Phi) is 6.41. The Morgan fingerprint density at radius 1 is 1.04 bits per heavy atom. The average molecular weight is 403 g/mol. The van der Waals surface area contributed by atoms with Gasteiger partial charge in [-0.3, -0.25) is 4.79 Å². The lowest BCUT2D eigenvalue weighted by molar-refractivity contribution is -0.136. The van der Waals surface area contributed by atoms with Crippen LogP contribution in [0.1, 0.15) is 42.7 Å². The fraction of sp³-hybridized carbons (Fsp3) is 0.435. The van der Waals surface area contributed by atoms with Crippen LogP contribution in [0.15, 0.2) is 54.6 Å². The molecule has 0 aromatic heterocycles. The Labute approximate surface area is 172 Å². The quantitative estimate of drug-likeness (QED) is 0.830. The van der Waals surface area contributed by atoms with Crippen molar-refractivity contribution in [3.8, 4) is 0 Å². The molecule has 2 N–H and O–H groups in total. The van der Waals surface area contributed by atoms with Gasteiger partial charge in [0, 0.05) is 24.6 Å². The highest BCUT2D eigenvalue weighted by Gasteiger charge is 2.48. The maximum absolute atomic E-state index is 14.6. The monoisotopic (exact) mass is 402 g/mol. The Morgan fingerprint density at radius 2 is 1.68 bits per heavy atom. The number of rotatable bonds is 4. The van der Waals surface area contributed by atoms with E-state index in [-0.39, 0.29) is 36.0 Å². The Balaban J connectivity index is 0.00000225. The minimum atomic E-state index is -0.712. The summed E-state index contributed by atoms with van der Waals surface area (Å²) in [5.74, 6) is 0.318. The first-order valence-corrected chi connectivity index (χ1v) is 9.95. The number of amides is 1. The van der Waals surface area contributed by atoms with Crippen LogP contribution < -0.4 is 5.73 Å². The van der Waals surface area contributed by atoms with Gasteiger partial charge < -0.3 is 10.6 Å². The van der Waals surface area contributed by atoms with Gasteiger partial charge >= 0.3 is 0 Å². The van der Waals surface area contributed by atoms with Gasteiger partial charge in [0.05, 0.1) is 5.41 Å². The number of likely N-dealkylation sites (tertiary alicyclic amines) is 1. The molecule has 2 atom stereocenters. The summed E-state index contributed by atoms with van der Waals surface area (Å²) in [4.78, 5) is 15.6. The molecule has 1 aliphatic carbocycles. The predicted molar refractivity (Wildman–Crippen MR) is 112 cm³/mol. The van der Waals surface area contributed by atoms with E-state index < -0.39 is 5.41 Å². The molecule has 2 aromatic rings. The van der Waals surface area contributed by atoms with E-state index in [2.05, 4.69) is 12.1 Å². The van der Waals surface area contributed by atoms with Crippen LogP contribution in [0.3, 0.4) is 0 Å². The zero-order valence-corrected chi connectivity index (χ0v) is 16.8. The second-order valence-electron chi connectivity index (χ2n) is 7.99. The number of benzene rings is 2. The molecule has 4 rings (SSSR count). The van der Waals surface area contributed by atoms with Gasteiger partial charge in [-0.25, -0.2) is 4.39 Å². The van der Waals surface area contributed by atoms with Gasteiger partial charge in [-0.15, -0.1) is 12.4 Å². The SMILES string of the molecule is Cl.NC[C@@H]1CN(C(=O)C2(c3ccccc3F)CCCC2)C[C@H]1c1ccccc1. The molecule has 2 aromatic carbocycles. The fourth-order valence-electron chi connectivity index (χ4n) is 5.08. The number of carbonyl (C=O) groups is 1. The molecule has 2 aliphatic rings. The van der Waals surface area contributed by atoms with Crippen LogP contribution in [0.25, 0.3) is 0 Å². The van der Waals surface area contributed by atoms with Gasteiger partial charge in [0.15, 0.2) is 0 Å². The van der Waals surface area contributed by atoms with Crippen molar-refractivity contribution in [2.75, 3.05) is 19.6 Å². The van der Waals surface area contributed by atoms with Crippen LogP contribution >= 0.6 is 12.4 Å². The van der Waals surface area contributed by atoms with Gasteiger partial charge in [-0.1, -0.05) is 61.4 Å². The number of hydrogen-bond donors (Lipinski definition) is 1. The van der Waals surface area contributed by atoms with Crippen LogP contribution in [0, 0.1) is 11.7 Å². The summed E-state index contributed by atoms with van der Waals surface area (Å²) in [6, 6.07) is 17.1. The van der Waals surface area contributed by atoms with Gasteiger partial charge in [0.25, 0.3) is 0 Å². The zero-order valence-electron chi connectivity index (χ0n) is 16.0. The molecule has 0 radical (unpaired) electrons. The lowest BCUT2D eigenvalue weighted by atomic mass is 9.77. The first kappa shape index (κ1) is 20.8. The molecule has 0 unspecified atom stereocenters. The van der Waals surface area contributed by atoms with Gasteiger partial charge in [0.1, 0.15) is 5.82 Å². The molecule has 1 amide bonds. The first-order chi connectivity index (χ1) is 13.2. The molecular weight excluding hydrogens is 375 g/mol. The highest BCUT2D eigenvalue weighted by molar-refractivity contribution is 5.89. The third-order valence-electron chi connectivity index (χ3n) is 6.51. The molecule has 3 nitrogen and oxygen atoms in total. The second-order valence-corrected chi connectivity index (χ2v) is 7.99. The summed E-state index contributed by atoms with van der Waals surface area (Å²) < 4.78 is 14.6. The summed E-state index contributed by atoms with van der Waals surface area (Å²) >= 11 is 0. The largest absolute Gasteiger partial charge is 0.341 e. The summed E-state index contributed by atoms with van der Waals surface area (Å²) in [6.07, 6.45) is 3.39. The van der Waals surface area contributed by atoms with Crippen molar-refractivity contribution >= 4 is 18.3 Å². The second kappa shape index (κ2) is 8.62. The van der Waals surface area contributed by atoms with Gasteiger partial charge in [-0.05, 0) is 36.9 Å². The fourth-order valence-corrected chi connectivity index (χ4v) is 5.08. The summed E-state index contributed by atoms with van der Waals surface area (Å²) in [5, 5.41) is 0. The van der Waals surface area contributed by atoms with Crippen LogP contribution in [-0.2, 0) is 10.2 Å². The van der Waals surface area contributed by atoms with E-state index in [0.717, 1.165) is 25.7 Å². The van der Waals surface area contributed by atoms with Crippen molar-refractivity contribution in [3.63, 3.8) is 0 Å². The number of halogens is 2. The van der Waals surface area contributed by atoms with Gasteiger partial charge in [0.2, 0.25) is 5.91 Å². The summed E-state index contributed by atoms with van der Waals surface area (Å²) in [5.41, 5.74) is 7.14. The molecule has 0 bridgehead atoms. The lowest BCUT2D eigenvalue weighted by Crippen LogP contribution is -2.45. The maximum Gasteiger partial charge on any atom is 0.233 e. The van der Waals surface area contributed by atoms with Crippen LogP contribution in [-0.4, -0.2) is 30.4 Å². The molecule has 1 saturated carbocycles. The van der Waals surface area contributed by atoms with E-state index in [4.69, 9.17) is 5.73 Å². The molecule has 5 heteroatoms. The van der Waals surface area contributed by atoms with Crippen molar-refractivity contribution < 1.29 is 9.18 Å². The third kappa shape index (κ3) is 3.56. The molecule has 1 heterocycles. The molecule has 1 aliphatic heterocycles. The van der Waals surface area contributed by atoms with Gasteiger partial charge in [-0.2, -0.15) is 0 Å². The number of nitrogens with two attached hydrogens (primary N) is 1. The third-order valence-corrected chi connectivity index (χ3v) is 6.51. The van der Waals surface area contributed by atoms with E-state index >= 15 is 0 Å². The van der Waals surface area contributed by atoms with E-state index in [1.54, 1.807) is 12.1 Å². The minimum Gasteiger partial charge on any atom is -0.341 e. The molecular formula is C23H28ClFN2O. The maximum atomic E-state index is 14.6. The zero-order chi connectivity index (χ0) is 18.9. The topological polar surface area (TPSA) is 46.3 Å². The molecule has 1 saturated heterocycles. The van der Waals surface area contributed by atoms with Crippen molar-refractivity contribution in [3.05, 3.63) is 71.5 Å². The van der Waals surface area contributed by atoms with Crippen LogP contribution in [0.2, 0.25) is 0 Å². The highest BCUT2D eigenvalue weighted by atomic mass is 35.5. The number of nitrogens with zero attached hydrogens (tertiary/aromatic N) is 1.